The summed E-state index contributed by atoms with van der Waals surface area (Å²) in [5.41, 5.74) is 3.29. The van der Waals surface area contributed by atoms with Crippen LogP contribution in [0.25, 0.3) is 16.7 Å². The van der Waals surface area contributed by atoms with Crippen LogP contribution in [0.15, 0.2) is 73.2 Å². The molecule has 7 nitrogen and oxygen atoms in total. The van der Waals surface area contributed by atoms with Gasteiger partial charge in [0.2, 0.25) is 5.88 Å². The highest BCUT2D eigenvalue weighted by Gasteiger charge is 2.11. The molecule has 0 saturated heterocycles. The van der Waals surface area contributed by atoms with Crippen molar-refractivity contribution in [1.29, 1.82) is 0 Å². The Morgan fingerprint density at radius 2 is 1.97 bits per heavy atom. The van der Waals surface area contributed by atoms with Crippen molar-refractivity contribution in [3.05, 3.63) is 78.8 Å². The first kappa shape index (κ1) is 23.6. The number of carbonyl (C=O) groups is 1. The highest BCUT2D eigenvalue weighted by atomic mass is 32.2. The maximum Gasteiger partial charge on any atom is 0.251 e. The van der Waals surface area contributed by atoms with Crippen LogP contribution in [0.1, 0.15) is 23.7 Å². The van der Waals surface area contributed by atoms with Crippen LogP contribution in [-0.4, -0.2) is 51.7 Å². The van der Waals surface area contributed by atoms with Gasteiger partial charge in [-0.25, -0.2) is 9.97 Å². The van der Waals surface area contributed by atoms with Gasteiger partial charge in [0.1, 0.15) is 24.8 Å². The summed E-state index contributed by atoms with van der Waals surface area (Å²) in [5.74, 6) is 2.30. The molecule has 4 rings (SSSR count). The lowest BCUT2D eigenvalue weighted by Gasteiger charge is -2.15. The van der Waals surface area contributed by atoms with Crippen LogP contribution in [0.5, 0.6) is 11.6 Å². The van der Waals surface area contributed by atoms with Crippen LogP contribution in [0.4, 0.5) is 0 Å². The Balaban J connectivity index is 1.37. The molecule has 0 bridgehead atoms. The zero-order valence-electron chi connectivity index (χ0n) is 19.3. The lowest BCUT2D eigenvalue weighted by Crippen LogP contribution is -2.24. The summed E-state index contributed by atoms with van der Waals surface area (Å²) in [6.07, 6.45) is 6.35. The molecule has 1 amide bonds. The number of hydrogen-bond acceptors (Lipinski definition) is 6. The van der Waals surface area contributed by atoms with Crippen molar-refractivity contribution in [2.45, 2.75) is 19.4 Å². The third-order valence-corrected chi connectivity index (χ3v) is 5.87. The maximum absolute atomic E-state index is 12.4. The van der Waals surface area contributed by atoms with Crippen LogP contribution in [-0.2, 0) is 0 Å². The van der Waals surface area contributed by atoms with Gasteiger partial charge in [0.25, 0.3) is 5.91 Å². The molecule has 2 aromatic carbocycles. The number of fused-ring (bicyclic) bond motifs is 1. The fraction of sp³-hybridized carbons (Fsp3) is 0.269. The Labute approximate surface area is 203 Å². The van der Waals surface area contributed by atoms with Gasteiger partial charge in [0.15, 0.2) is 0 Å². The van der Waals surface area contributed by atoms with E-state index in [0.717, 1.165) is 34.6 Å². The number of nitrogens with zero attached hydrogens (tertiary/aromatic N) is 3. The zero-order valence-corrected chi connectivity index (χ0v) is 20.1. The first-order chi connectivity index (χ1) is 16.6. The Kier molecular flexibility index (Phi) is 8.04. The fourth-order valence-electron chi connectivity index (χ4n) is 3.47. The summed E-state index contributed by atoms with van der Waals surface area (Å²) in [6, 6.07) is 19.0. The van der Waals surface area contributed by atoms with Crippen molar-refractivity contribution in [2.24, 2.45) is 0 Å². The largest absolute Gasteiger partial charge is 0.487 e. The van der Waals surface area contributed by atoms with Gasteiger partial charge in [0.05, 0.1) is 11.0 Å². The Bertz CT molecular complexity index is 1210. The van der Waals surface area contributed by atoms with Crippen molar-refractivity contribution < 1.29 is 14.3 Å². The number of thioether (sulfide) groups is 1. The van der Waals surface area contributed by atoms with E-state index in [4.69, 9.17) is 9.47 Å². The third-order valence-electron chi connectivity index (χ3n) is 5.18. The minimum absolute atomic E-state index is 0.0693. The molecule has 4 aromatic rings. The minimum Gasteiger partial charge on any atom is -0.487 e. The molecule has 34 heavy (non-hydrogen) atoms. The molecular formula is C26H28N4O3S. The maximum atomic E-state index is 12.4. The molecule has 2 aromatic heterocycles. The Hall–Kier alpha value is -3.52. The summed E-state index contributed by atoms with van der Waals surface area (Å²) < 4.78 is 13.6. The van der Waals surface area contributed by atoms with E-state index in [1.54, 1.807) is 24.3 Å². The van der Waals surface area contributed by atoms with Gasteiger partial charge < -0.3 is 14.8 Å². The van der Waals surface area contributed by atoms with Crippen molar-refractivity contribution in [3.8, 4) is 17.3 Å². The molecule has 0 radical (unpaired) electrons. The molecule has 1 unspecified atom stereocenters. The monoisotopic (exact) mass is 476 g/mol. The number of nitrogens with one attached hydrogen (secondary N) is 1. The van der Waals surface area contributed by atoms with E-state index in [1.165, 1.54) is 0 Å². The van der Waals surface area contributed by atoms with Gasteiger partial charge in [0, 0.05) is 30.1 Å². The van der Waals surface area contributed by atoms with E-state index in [9.17, 15) is 4.79 Å². The van der Waals surface area contributed by atoms with Crippen molar-refractivity contribution in [2.75, 3.05) is 25.2 Å². The van der Waals surface area contributed by atoms with E-state index >= 15 is 0 Å². The molecule has 176 valence electrons. The van der Waals surface area contributed by atoms with Gasteiger partial charge in [-0.1, -0.05) is 6.07 Å². The van der Waals surface area contributed by atoms with Crippen molar-refractivity contribution in [3.63, 3.8) is 0 Å². The van der Waals surface area contributed by atoms with Gasteiger partial charge in [-0.2, -0.15) is 11.8 Å². The zero-order chi connectivity index (χ0) is 23.8. The molecule has 1 atom stereocenters. The van der Waals surface area contributed by atoms with E-state index in [2.05, 4.69) is 21.5 Å². The van der Waals surface area contributed by atoms with E-state index in [0.29, 0.717) is 24.6 Å². The average molecular weight is 477 g/mol. The molecule has 0 aliphatic carbocycles. The molecule has 0 aliphatic rings. The highest BCUT2D eigenvalue weighted by molar-refractivity contribution is 7.98. The first-order valence-corrected chi connectivity index (χ1v) is 12.6. The predicted molar refractivity (Wildman–Crippen MR) is 136 cm³/mol. The van der Waals surface area contributed by atoms with Crippen molar-refractivity contribution in [1.82, 2.24) is 19.9 Å². The van der Waals surface area contributed by atoms with Crippen LogP contribution in [0.3, 0.4) is 0 Å². The van der Waals surface area contributed by atoms with Crippen LogP contribution < -0.4 is 14.8 Å². The van der Waals surface area contributed by atoms with Gasteiger partial charge in [-0.05, 0) is 73.9 Å². The molecule has 0 aliphatic heterocycles. The molecule has 0 spiro atoms. The van der Waals surface area contributed by atoms with Crippen molar-refractivity contribution >= 4 is 28.7 Å². The molecule has 1 N–H and O–H groups in total. The quantitative estimate of drug-likeness (QED) is 0.315. The van der Waals surface area contributed by atoms with Gasteiger partial charge in [-0.15, -0.1) is 0 Å². The number of aromatic nitrogens is 3. The summed E-state index contributed by atoms with van der Waals surface area (Å²) in [6.45, 7) is 3.03. The van der Waals surface area contributed by atoms with Crippen LogP contribution >= 0.6 is 11.8 Å². The molecule has 2 heterocycles. The molecule has 0 saturated carbocycles. The van der Waals surface area contributed by atoms with E-state index in [-0.39, 0.29) is 12.0 Å². The number of ether oxygens (including phenoxy) is 2. The lowest BCUT2D eigenvalue weighted by atomic mass is 10.2. The lowest BCUT2D eigenvalue weighted by molar-refractivity contribution is 0.0954. The SMILES string of the molecule is CSCCCNC(=O)c1ccc2c(c1)ncn2-c1ccc(OC(C)COc2ccccn2)cc1. The molecule has 0 fully saturated rings. The standard InChI is InChI=1S/C26H28N4O3S/c1-19(17-32-25-6-3-4-13-27-25)33-22-10-8-21(9-11-22)30-18-29-23-16-20(7-12-24(23)30)26(31)28-14-5-15-34-2/h3-4,6-13,16,18-19H,5,14-15,17H2,1-2H3,(H,28,31). The Morgan fingerprint density at radius 1 is 1.12 bits per heavy atom. The fourth-order valence-corrected chi connectivity index (χ4v) is 3.90. The molecular weight excluding hydrogens is 448 g/mol. The normalized spacial score (nSPS) is 11.8. The summed E-state index contributed by atoms with van der Waals surface area (Å²) in [7, 11) is 0. The second kappa shape index (κ2) is 11.6. The van der Waals surface area contributed by atoms with E-state index < -0.39 is 0 Å². The smallest absolute Gasteiger partial charge is 0.251 e. The van der Waals surface area contributed by atoms with E-state index in [1.807, 2.05) is 72.2 Å². The number of rotatable bonds is 11. The topological polar surface area (TPSA) is 78.3 Å². The number of benzene rings is 2. The van der Waals surface area contributed by atoms with Gasteiger partial charge in [-0.3, -0.25) is 9.36 Å². The van der Waals surface area contributed by atoms with Crippen LogP contribution in [0, 0.1) is 0 Å². The second-order valence-electron chi connectivity index (χ2n) is 7.82. The number of amides is 1. The summed E-state index contributed by atoms with van der Waals surface area (Å²) >= 11 is 1.78. The van der Waals surface area contributed by atoms with Crippen LogP contribution in [0.2, 0.25) is 0 Å². The number of imidazole rings is 1. The summed E-state index contributed by atoms with van der Waals surface area (Å²) in [4.78, 5) is 21.0. The number of carbonyl (C=O) groups excluding carboxylic acids is 1. The molecule has 8 heteroatoms. The summed E-state index contributed by atoms with van der Waals surface area (Å²) in [5, 5.41) is 2.96. The van der Waals surface area contributed by atoms with Gasteiger partial charge >= 0.3 is 0 Å². The number of hydrogen-bond donors (Lipinski definition) is 1. The number of pyridine rings is 1. The predicted octanol–water partition coefficient (Wildman–Crippen LogP) is 4.75. The first-order valence-electron chi connectivity index (χ1n) is 11.2. The third kappa shape index (κ3) is 6.08. The Morgan fingerprint density at radius 3 is 2.74 bits per heavy atom. The highest BCUT2D eigenvalue weighted by Crippen LogP contribution is 2.22. The minimum atomic E-state index is -0.132. The average Bonchev–Trinajstić information content (AvgIpc) is 3.30. The second-order valence-corrected chi connectivity index (χ2v) is 8.81.